The van der Waals surface area contributed by atoms with Crippen LogP contribution in [0, 0.1) is 0 Å². The minimum Gasteiger partial charge on any atom is -0.482 e. The van der Waals surface area contributed by atoms with Gasteiger partial charge in [-0.25, -0.2) is 13.6 Å². The van der Waals surface area contributed by atoms with E-state index in [-0.39, 0.29) is 16.5 Å². The van der Waals surface area contributed by atoms with Crippen molar-refractivity contribution in [3.05, 3.63) is 34.9 Å². The monoisotopic (exact) mass is 317 g/mol. The number of hydrogen-bond acceptors (Lipinski definition) is 6. The van der Waals surface area contributed by atoms with Gasteiger partial charge in [0.05, 0.1) is 9.92 Å². The van der Waals surface area contributed by atoms with Crippen molar-refractivity contribution in [1.82, 2.24) is 10.1 Å². The van der Waals surface area contributed by atoms with Gasteiger partial charge in [-0.1, -0.05) is 23.7 Å². The fraction of sp³-hybridized carbons (Fsp3) is 0.273. The molecule has 108 valence electrons. The summed E-state index contributed by atoms with van der Waals surface area (Å²) in [4.78, 5) is 3.99. The Morgan fingerprint density at radius 2 is 2.20 bits per heavy atom. The molecule has 0 atom stereocenters. The zero-order chi connectivity index (χ0) is 14.8. The van der Waals surface area contributed by atoms with Gasteiger partial charge in [-0.3, -0.25) is 0 Å². The van der Waals surface area contributed by atoms with Gasteiger partial charge in [0.25, 0.3) is 5.89 Å². The molecule has 0 amide bonds. The van der Waals surface area contributed by atoms with Gasteiger partial charge < -0.3 is 9.26 Å². The Balaban J connectivity index is 2.10. The largest absolute Gasteiger partial charge is 0.482 e. The molecule has 0 unspecified atom stereocenters. The molecule has 0 aliphatic rings. The standard InChI is InChI=1S/C11H12ClN3O4S/c1-2-10-14-11(19-15-10)6-18-9-4-3-7(5-8(9)12)20(13,16)17/h3-5H,2,6H2,1H3,(H2,13,16,17). The number of aryl methyl sites for hydroxylation is 1. The molecular weight excluding hydrogens is 306 g/mol. The van der Waals surface area contributed by atoms with Crippen molar-refractivity contribution < 1.29 is 17.7 Å². The lowest BCUT2D eigenvalue weighted by atomic mass is 10.3. The van der Waals surface area contributed by atoms with Crippen molar-refractivity contribution in [2.75, 3.05) is 0 Å². The summed E-state index contributed by atoms with van der Waals surface area (Å²) in [6.45, 7) is 1.94. The van der Waals surface area contributed by atoms with Gasteiger partial charge in [0.2, 0.25) is 10.0 Å². The molecule has 7 nitrogen and oxygen atoms in total. The molecule has 1 heterocycles. The second-order valence-electron chi connectivity index (χ2n) is 3.88. The Hall–Kier alpha value is -1.64. The summed E-state index contributed by atoms with van der Waals surface area (Å²) in [7, 11) is -3.79. The van der Waals surface area contributed by atoms with E-state index >= 15 is 0 Å². The van der Waals surface area contributed by atoms with Crippen LogP contribution in [0.15, 0.2) is 27.6 Å². The van der Waals surface area contributed by atoms with E-state index in [9.17, 15) is 8.42 Å². The van der Waals surface area contributed by atoms with E-state index < -0.39 is 10.0 Å². The molecular formula is C11H12ClN3O4S. The number of rotatable bonds is 5. The van der Waals surface area contributed by atoms with Crippen molar-refractivity contribution >= 4 is 21.6 Å². The third-order valence-electron chi connectivity index (χ3n) is 2.41. The Morgan fingerprint density at radius 1 is 1.45 bits per heavy atom. The third kappa shape index (κ3) is 3.47. The number of nitrogens with two attached hydrogens (primary N) is 1. The number of aromatic nitrogens is 2. The highest BCUT2D eigenvalue weighted by atomic mass is 35.5. The summed E-state index contributed by atoms with van der Waals surface area (Å²) >= 11 is 5.92. The molecule has 0 aliphatic heterocycles. The normalized spacial score (nSPS) is 11.6. The number of sulfonamides is 1. The number of benzene rings is 1. The Bertz CT molecular complexity index is 714. The van der Waals surface area contributed by atoms with Gasteiger partial charge in [0.1, 0.15) is 5.75 Å². The topological polar surface area (TPSA) is 108 Å². The van der Waals surface area contributed by atoms with E-state index in [1.165, 1.54) is 18.2 Å². The minimum atomic E-state index is -3.79. The second kappa shape index (κ2) is 5.78. The van der Waals surface area contributed by atoms with E-state index in [1.54, 1.807) is 0 Å². The summed E-state index contributed by atoms with van der Waals surface area (Å²) in [5.41, 5.74) is 0. The van der Waals surface area contributed by atoms with Gasteiger partial charge in [-0.05, 0) is 18.2 Å². The molecule has 0 spiro atoms. The number of halogens is 1. The molecule has 9 heteroatoms. The molecule has 0 bridgehead atoms. The van der Waals surface area contributed by atoms with Gasteiger partial charge >= 0.3 is 0 Å². The van der Waals surface area contributed by atoms with Crippen LogP contribution in [0.4, 0.5) is 0 Å². The van der Waals surface area contributed by atoms with E-state index in [0.29, 0.717) is 23.9 Å². The van der Waals surface area contributed by atoms with Gasteiger partial charge in [0, 0.05) is 6.42 Å². The fourth-order valence-electron chi connectivity index (χ4n) is 1.41. The predicted molar refractivity (Wildman–Crippen MR) is 70.8 cm³/mol. The summed E-state index contributed by atoms with van der Waals surface area (Å²) in [5.74, 6) is 1.20. The van der Waals surface area contributed by atoms with Crippen molar-refractivity contribution in [3.8, 4) is 5.75 Å². The third-order valence-corrected chi connectivity index (χ3v) is 3.62. The Kier molecular flexibility index (Phi) is 4.26. The van der Waals surface area contributed by atoms with Gasteiger partial charge in [-0.2, -0.15) is 4.98 Å². The first-order chi connectivity index (χ1) is 9.40. The molecule has 0 fully saturated rings. The molecule has 2 N–H and O–H groups in total. The molecule has 0 saturated carbocycles. The summed E-state index contributed by atoms with van der Waals surface area (Å²) < 4.78 is 32.6. The lowest BCUT2D eigenvalue weighted by Gasteiger charge is -2.06. The van der Waals surface area contributed by atoms with Crippen LogP contribution in [0.3, 0.4) is 0 Å². The van der Waals surface area contributed by atoms with Gasteiger partial charge in [-0.15, -0.1) is 0 Å². The van der Waals surface area contributed by atoms with Crippen LogP contribution in [0.5, 0.6) is 5.75 Å². The maximum absolute atomic E-state index is 11.2. The molecule has 20 heavy (non-hydrogen) atoms. The first-order valence-electron chi connectivity index (χ1n) is 5.66. The van der Waals surface area contributed by atoms with Crippen LogP contribution >= 0.6 is 11.6 Å². The Morgan fingerprint density at radius 3 is 2.75 bits per heavy atom. The molecule has 0 aliphatic carbocycles. The van der Waals surface area contributed by atoms with Crippen molar-refractivity contribution in [3.63, 3.8) is 0 Å². The summed E-state index contributed by atoms with van der Waals surface area (Å²) in [6, 6.07) is 3.94. The van der Waals surface area contributed by atoms with Crippen molar-refractivity contribution in [2.24, 2.45) is 5.14 Å². The lowest BCUT2D eigenvalue weighted by Crippen LogP contribution is -2.12. The second-order valence-corrected chi connectivity index (χ2v) is 5.85. The summed E-state index contributed by atoms with van der Waals surface area (Å²) in [5, 5.41) is 8.85. The highest BCUT2D eigenvalue weighted by Crippen LogP contribution is 2.27. The van der Waals surface area contributed by atoms with E-state index in [0.717, 1.165) is 0 Å². The minimum absolute atomic E-state index is 0.0431. The van der Waals surface area contributed by atoms with Crippen LogP contribution in [-0.4, -0.2) is 18.6 Å². The first kappa shape index (κ1) is 14.8. The van der Waals surface area contributed by atoms with Crippen LogP contribution in [0.25, 0.3) is 0 Å². The predicted octanol–water partition coefficient (Wildman–Crippen LogP) is 1.51. The summed E-state index contributed by atoms with van der Waals surface area (Å²) in [6.07, 6.45) is 0.660. The van der Waals surface area contributed by atoms with Gasteiger partial charge in [0.15, 0.2) is 12.4 Å². The quantitative estimate of drug-likeness (QED) is 0.895. The average molecular weight is 318 g/mol. The number of nitrogens with zero attached hydrogens (tertiary/aromatic N) is 2. The molecule has 0 radical (unpaired) electrons. The van der Waals surface area contributed by atoms with Crippen LogP contribution in [0.2, 0.25) is 5.02 Å². The lowest BCUT2D eigenvalue weighted by molar-refractivity contribution is 0.242. The zero-order valence-electron chi connectivity index (χ0n) is 10.5. The SMILES string of the molecule is CCc1noc(COc2ccc(S(N)(=O)=O)cc2Cl)n1. The number of hydrogen-bond donors (Lipinski definition) is 1. The smallest absolute Gasteiger partial charge is 0.264 e. The van der Waals surface area contributed by atoms with E-state index in [1.807, 2.05) is 6.92 Å². The highest BCUT2D eigenvalue weighted by Gasteiger charge is 2.12. The highest BCUT2D eigenvalue weighted by molar-refractivity contribution is 7.89. The fourth-order valence-corrected chi connectivity index (χ4v) is 2.25. The Labute approximate surface area is 120 Å². The molecule has 2 aromatic rings. The van der Waals surface area contributed by atoms with Crippen molar-refractivity contribution in [2.45, 2.75) is 24.8 Å². The zero-order valence-corrected chi connectivity index (χ0v) is 12.1. The number of ether oxygens (including phenoxy) is 1. The van der Waals surface area contributed by atoms with E-state index in [4.69, 9.17) is 26.0 Å². The van der Waals surface area contributed by atoms with Crippen molar-refractivity contribution in [1.29, 1.82) is 0 Å². The molecule has 1 aromatic carbocycles. The van der Waals surface area contributed by atoms with Crippen LogP contribution in [-0.2, 0) is 23.1 Å². The van der Waals surface area contributed by atoms with E-state index in [2.05, 4.69) is 10.1 Å². The van der Waals surface area contributed by atoms with Crippen LogP contribution in [0.1, 0.15) is 18.6 Å². The molecule has 0 saturated heterocycles. The molecule has 1 aromatic heterocycles. The molecule has 2 rings (SSSR count). The maximum Gasteiger partial charge on any atom is 0.264 e. The van der Waals surface area contributed by atoms with Crippen LogP contribution < -0.4 is 9.88 Å². The average Bonchev–Trinajstić information content (AvgIpc) is 2.84. The number of primary sulfonamides is 1. The first-order valence-corrected chi connectivity index (χ1v) is 7.59. The maximum atomic E-state index is 11.2.